The van der Waals surface area contributed by atoms with E-state index in [1.807, 2.05) is 22.9 Å². The second-order valence-electron chi connectivity index (χ2n) is 10.5. The molecule has 9 nitrogen and oxygen atoms in total. The van der Waals surface area contributed by atoms with Gasteiger partial charge < -0.3 is 10.5 Å². The first-order chi connectivity index (χ1) is 19.2. The SMILES string of the molecule is Nc1ncnc2c1c(-c1ccc3cnn(Cc4ccccc4F)c3c1)nn2[C@H]1CC[C@H](N2CCOCC2)CC1. The number of nitrogens with two attached hydrogens (primary N) is 1. The molecule has 1 saturated carbocycles. The average Bonchev–Trinajstić information content (AvgIpc) is 3.57. The highest BCUT2D eigenvalue weighted by Gasteiger charge is 2.30. The first-order valence-corrected chi connectivity index (χ1v) is 13.7. The van der Waals surface area contributed by atoms with Crippen molar-refractivity contribution >= 4 is 27.8 Å². The van der Waals surface area contributed by atoms with Crippen molar-refractivity contribution in [2.24, 2.45) is 0 Å². The molecule has 2 aromatic carbocycles. The van der Waals surface area contributed by atoms with E-state index in [1.165, 1.54) is 12.4 Å². The van der Waals surface area contributed by atoms with Gasteiger partial charge in [-0.3, -0.25) is 9.58 Å². The van der Waals surface area contributed by atoms with E-state index in [2.05, 4.69) is 30.7 Å². The predicted octanol–water partition coefficient (Wildman–Crippen LogP) is 4.43. The lowest BCUT2D eigenvalue weighted by atomic mass is 9.90. The number of hydrogen-bond acceptors (Lipinski definition) is 7. The molecule has 2 N–H and O–H groups in total. The second kappa shape index (κ2) is 10.0. The smallest absolute Gasteiger partial charge is 0.164 e. The fourth-order valence-corrected chi connectivity index (χ4v) is 6.19. The van der Waals surface area contributed by atoms with E-state index in [0.29, 0.717) is 24.0 Å². The normalized spacial score (nSPS) is 20.6. The number of rotatable bonds is 5. The standard InChI is InChI=1S/C29H31FN8O/c30-24-4-2-1-3-21(24)17-37-25-15-19(5-6-20(25)16-34-37)27-26-28(31)32-18-33-29(26)38(35-27)23-9-7-22(8-10-23)36-11-13-39-14-12-36/h1-6,15-16,18,22-23H,7-14,17H2,(H2,31,32,33)/t22-,23-. The van der Waals surface area contributed by atoms with Crippen LogP contribution >= 0.6 is 0 Å². The minimum atomic E-state index is -0.240. The number of ether oxygens (including phenoxy) is 1. The first kappa shape index (κ1) is 24.2. The molecule has 39 heavy (non-hydrogen) atoms. The Labute approximate surface area is 225 Å². The van der Waals surface area contributed by atoms with Gasteiger partial charge in [-0.05, 0) is 37.8 Å². The zero-order valence-electron chi connectivity index (χ0n) is 21.7. The lowest BCUT2D eigenvalue weighted by Crippen LogP contribution is -2.45. The van der Waals surface area contributed by atoms with E-state index in [-0.39, 0.29) is 11.9 Å². The van der Waals surface area contributed by atoms with Gasteiger partial charge in [0.15, 0.2) is 5.65 Å². The fourth-order valence-electron chi connectivity index (χ4n) is 6.19. The number of halogens is 1. The highest BCUT2D eigenvalue weighted by atomic mass is 19.1. The summed E-state index contributed by atoms with van der Waals surface area (Å²) in [5, 5.41) is 11.4. The number of nitrogen functional groups attached to an aromatic ring is 1. The Morgan fingerprint density at radius 1 is 0.974 bits per heavy atom. The summed E-state index contributed by atoms with van der Waals surface area (Å²) in [6.07, 6.45) is 7.66. The average molecular weight is 527 g/mol. The molecule has 10 heteroatoms. The molecule has 0 atom stereocenters. The first-order valence-electron chi connectivity index (χ1n) is 13.7. The van der Waals surface area contributed by atoms with Crippen LogP contribution in [0.4, 0.5) is 10.2 Å². The van der Waals surface area contributed by atoms with Gasteiger partial charge in [-0.2, -0.15) is 10.2 Å². The fraction of sp³-hybridized carbons (Fsp3) is 0.379. The number of benzene rings is 2. The molecule has 200 valence electrons. The lowest BCUT2D eigenvalue weighted by molar-refractivity contribution is 0.00520. The molecule has 4 heterocycles. The van der Waals surface area contributed by atoms with Crippen LogP contribution in [-0.2, 0) is 11.3 Å². The van der Waals surface area contributed by atoms with E-state index in [0.717, 1.165) is 85.2 Å². The third-order valence-corrected chi connectivity index (χ3v) is 8.29. The predicted molar refractivity (Wildman–Crippen MR) is 148 cm³/mol. The summed E-state index contributed by atoms with van der Waals surface area (Å²) < 4.78 is 23.8. The zero-order chi connectivity index (χ0) is 26.3. The molecule has 5 aromatic rings. The van der Waals surface area contributed by atoms with Crippen molar-refractivity contribution in [1.29, 1.82) is 0 Å². The molecule has 2 aliphatic rings. The van der Waals surface area contributed by atoms with Crippen LogP contribution in [0, 0.1) is 5.82 Å². The molecular weight excluding hydrogens is 495 g/mol. The van der Waals surface area contributed by atoms with Crippen molar-refractivity contribution in [2.45, 2.75) is 44.3 Å². The highest BCUT2D eigenvalue weighted by Crippen LogP contribution is 2.37. The number of fused-ring (bicyclic) bond motifs is 2. The second-order valence-corrected chi connectivity index (χ2v) is 10.5. The summed E-state index contributed by atoms with van der Waals surface area (Å²) in [4.78, 5) is 11.5. The van der Waals surface area contributed by atoms with E-state index >= 15 is 0 Å². The summed E-state index contributed by atoms with van der Waals surface area (Å²) in [7, 11) is 0. The van der Waals surface area contributed by atoms with Crippen LogP contribution in [0.25, 0.3) is 33.2 Å². The third kappa shape index (κ3) is 4.43. The molecule has 1 aliphatic heterocycles. The topological polar surface area (TPSA) is 99.9 Å². The number of aromatic nitrogens is 6. The van der Waals surface area contributed by atoms with Crippen molar-refractivity contribution in [1.82, 2.24) is 34.4 Å². The minimum Gasteiger partial charge on any atom is -0.383 e. The Bertz CT molecular complexity index is 1630. The van der Waals surface area contributed by atoms with Gasteiger partial charge in [0.1, 0.15) is 23.7 Å². The van der Waals surface area contributed by atoms with Crippen LogP contribution in [0.1, 0.15) is 37.3 Å². The van der Waals surface area contributed by atoms with Crippen molar-refractivity contribution < 1.29 is 9.13 Å². The van der Waals surface area contributed by atoms with Gasteiger partial charge in [0.05, 0.1) is 42.9 Å². The summed E-state index contributed by atoms with van der Waals surface area (Å²) in [5.41, 5.74) is 10.4. The van der Waals surface area contributed by atoms with Gasteiger partial charge in [-0.15, -0.1) is 0 Å². The molecule has 3 aromatic heterocycles. The van der Waals surface area contributed by atoms with Gasteiger partial charge in [0.25, 0.3) is 0 Å². The van der Waals surface area contributed by atoms with Crippen molar-refractivity contribution in [3.63, 3.8) is 0 Å². The molecule has 1 aliphatic carbocycles. The highest BCUT2D eigenvalue weighted by molar-refractivity contribution is 5.99. The maximum Gasteiger partial charge on any atom is 0.164 e. The Kier molecular flexibility index (Phi) is 6.21. The van der Waals surface area contributed by atoms with Crippen LogP contribution in [0.5, 0.6) is 0 Å². The Balaban J connectivity index is 1.23. The summed E-state index contributed by atoms with van der Waals surface area (Å²) in [6, 6.07) is 13.8. The van der Waals surface area contributed by atoms with Gasteiger partial charge in [-0.25, -0.2) is 19.0 Å². The number of hydrogen-bond donors (Lipinski definition) is 1. The van der Waals surface area contributed by atoms with Crippen LogP contribution in [0.3, 0.4) is 0 Å². The van der Waals surface area contributed by atoms with E-state index in [4.69, 9.17) is 15.6 Å². The molecule has 2 fully saturated rings. The minimum absolute atomic E-state index is 0.240. The number of nitrogens with zero attached hydrogens (tertiary/aromatic N) is 7. The monoisotopic (exact) mass is 526 g/mol. The summed E-state index contributed by atoms with van der Waals surface area (Å²) >= 11 is 0. The molecule has 1 saturated heterocycles. The van der Waals surface area contributed by atoms with E-state index in [1.54, 1.807) is 18.3 Å². The molecular formula is C29H31FN8O. The summed E-state index contributed by atoms with van der Waals surface area (Å²) in [5.74, 6) is 0.179. The quantitative estimate of drug-likeness (QED) is 0.362. The van der Waals surface area contributed by atoms with Crippen LogP contribution in [0.2, 0.25) is 0 Å². The summed E-state index contributed by atoms with van der Waals surface area (Å²) in [6.45, 7) is 4.03. The molecule has 0 radical (unpaired) electrons. The van der Waals surface area contributed by atoms with Crippen LogP contribution in [0.15, 0.2) is 55.0 Å². The van der Waals surface area contributed by atoms with Crippen molar-refractivity contribution in [3.8, 4) is 11.3 Å². The molecule has 0 spiro atoms. The third-order valence-electron chi connectivity index (χ3n) is 8.29. The largest absolute Gasteiger partial charge is 0.383 e. The molecule has 0 unspecified atom stereocenters. The van der Waals surface area contributed by atoms with Gasteiger partial charge in [0.2, 0.25) is 0 Å². The van der Waals surface area contributed by atoms with E-state index < -0.39 is 0 Å². The van der Waals surface area contributed by atoms with E-state index in [9.17, 15) is 4.39 Å². The molecule has 0 amide bonds. The maximum absolute atomic E-state index is 14.4. The molecule has 0 bridgehead atoms. The van der Waals surface area contributed by atoms with Gasteiger partial charge >= 0.3 is 0 Å². The Morgan fingerprint density at radius 3 is 2.59 bits per heavy atom. The van der Waals surface area contributed by atoms with Crippen LogP contribution in [-0.4, -0.2) is 66.8 Å². The lowest BCUT2D eigenvalue weighted by Gasteiger charge is -2.38. The Hall–Kier alpha value is -3.89. The van der Waals surface area contributed by atoms with Crippen molar-refractivity contribution in [2.75, 3.05) is 32.0 Å². The number of morpholine rings is 1. The Morgan fingerprint density at radius 2 is 1.77 bits per heavy atom. The number of anilines is 1. The molecule has 7 rings (SSSR count). The van der Waals surface area contributed by atoms with Crippen molar-refractivity contribution in [3.05, 3.63) is 66.4 Å². The van der Waals surface area contributed by atoms with Crippen LogP contribution < -0.4 is 5.73 Å². The van der Waals surface area contributed by atoms with Gasteiger partial charge in [0, 0.05) is 35.6 Å². The maximum atomic E-state index is 14.4. The van der Waals surface area contributed by atoms with Gasteiger partial charge in [-0.1, -0.05) is 30.3 Å². The zero-order valence-corrected chi connectivity index (χ0v) is 21.7.